The minimum atomic E-state index is -0.186. The number of ether oxygens (including phenoxy) is 2. The van der Waals surface area contributed by atoms with Crippen molar-refractivity contribution in [3.05, 3.63) is 23.9 Å². The van der Waals surface area contributed by atoms with Gasteiger partial charge in [-0.1, -0.05) is 13.8 Å². The van der Waals surface area contributed by atoms with E-state index < -0.39 is 0 Å². The average molecular weight is 307 g/mol. The molecular weight excluding hydrogens is 282 g/mol. The van der Waals surface area contributed by atoms with Crippen molar-refractivity contribution in [1.29, 1.82) is 0 Å². The molecule has 22 heavy (non-hydrogen) atoms. The molecule has 0 aromatic carbocycles. The van der Waals surface area contributed by atoms with Crippen LogP contribution < -0.4 is 10.1 Å². The summed E-state index contributed by atoms with van der Waals surface area (Å²) in [6, 6.07) is 3.42. The fourth-order valence-electron chi connectivity index (χ4n) is 2.61. The maximum atomic E-state index is 12.2. The molecule has 122 valence electrons. The highest BCUT2D eigenvalue weighted by atomic mass is 16.5. The number of hydrogen-bond acceptors (Lipinski definition) is 5. The first-order valence-electron chi connectivity index (χ1n) is 7.71. The van der Waals surface area contributed by atoms with E-state index in [0.717, 1.165) is 19.6 Å². The van der Waals surface area contributed by atoms with E-state index in [9.17, 15) is 4.79 Å². The summed E-state index contributed by atoms with van der Waals surface area (Å²) >= 11 is 0. The highest BCUT2D eigenvalue weighted by molar-refractivity contribution is 5.96. The second-order valence-corrected chi connectivity index (χ2v) is 5.92. The van der Waals surface area contributed by atoms with Gasteiger partial charge in [0.2, 0.25) is 5.88 Å². The van der Waals surface area contributed by atoms with Crippen LogP contribution in [0.5, 0.6) is 5.88 Å². The van der Waals surface area contributed by atoms with Crippen LogP contribution in [0.25, 0.3) is 0 Å². The van der Waals surface area contributed by atoms with Crippen LogP contribution in [0, 0.1) is 5.92 Å². The Labute approximate surface area is 131 Å². The van der Waals surface area contributed by atoms with Crippen molar-refractivity contribution < 1.29 is 14.3 Å². The molecule has 1 fully saturated rings. The van der Waals surface area contributed by atoms with E-state index in [4.69, 9.17) is 9.47 Å². The molecule has 1 aromatic rings. The van der Waals surface area contributed by atoms with Crippen LogP contribution in [0.2, 0.25) is 0 Å². The Hall–Kier alpha value is -1.66. The largest absolute Gasteiger partial charge is 0.480 e. The summed E-state index contributed by atoms with van der Waals surface area (Å²) in [4.78, 5) is 18.6. The zero-order chi connectivity index (χ0) is 15.9. The van der Waals surface area contributed by atoms with Crippen molar-refractivity contribution in [3.8, 4) is 5.88 Å². The third kappa shape index (κ3) is 4.68. The molecule has 1 aliphatic heterocycles. The zero-order valence-corrected chi connectivity index (χ0v) is 13.5. The zero-order valence-electron chi connectivity index (χ0n) is 13.5. The summed E-state index contributed by atoms with van der Waals surface area (Å²) in [6.45, 7) is 8.49. The summed E-state index contributed by atoms with van der Waals surface area (Å²) < 4.78 is 10.8. The van der Waals surface area contributed by atoms with Crippen LogP contribution >= 0.6 is 0 Å². The maximum absolute atomic E-state index is 12.2. The van der Waals surface area contributed by atoms with Gasteiger partial charge in [0.1, 0.15) is 5.56 Å². The van der Waals surface area contributed by atoms with Crippen molar-refractivity contribution in [3.63, 3.8) is 0 Å². The summed E-state index contributed by atoms with van der Waals surface area (Å²) in [7, 11) is 1.51. The fourth-order valence-corrected chi connectivity index (χ4v) is 2.61. The van der Waals surface area contributed by atoms with Gasteiger partial charge < -0.3 is 14.8 Å². The quantitative estimate of drug-likeness (QED) is 0.855. The lowest BCUT2D eigenvalue weighted by atomic mass is 10.1. The van der Waals surface area contributed by atoms with Gasteiger partial charge in [-0.15, -0.1) is 0 Å². The topological polar surface area (TPSA) is 63.7 Å². The molecule has 0 saturated carbocycles. The normalized spacial score (nSPS) is 19.2. The van der Waals surface area contributed by atoms with Gasteiger partial charge >= 0.3 is 0 Å². The molecule has 0 radical (unpaired) electrons. The van der Waals surface area contributed by atoms with Gasteiger partial charge in [0, 0.05) is 32.4 Å². The van der Waals surface area contributed by atoms with Crippen LogP contribution in [-0.4, -0.2) is 61.8 Å². The van der Waals surface area contributed by atoms with Crippen LogP contribution in [0.4, 0.5) is 0 Å². The molecule has 1 atom stereocenters. The predicted octanol–water partition coefficient (Wildman–Crippen LogP) is 1.18. The van der Waals surface area contributed by atoms with Gasteiger partial charge in [-0.25, -0.2) is 4.98 Å². The Morgan fingerprint density at radius 2 is 2.41 bits per heavy atom. The average Bonchev–Trinajstić information content (AvgIpc) is 2.52. The number of amides is 1. The number of morpholine rings is 1. The van der Waals surface area contributed by atoms with Crippen LogP contribution in [-0.2, 0) is 4.74 Å². The van der Waals surface area contributed by atoms with Gasteiger partial charge in [-0.3, -0.25) is 9.69 Å². The molecule has 1 amide bonds. The molecule has 1 N–H and O–H groups in total. The summed E-state index contributed by atoms with van der Waals surface area (Å²) in [6.07, 6.45) is 1.63. The van der Waals surface area contributed by atoms with Gasteiger partial charge in [-0.05, 0) is 18.1 Å². The molecule has 1 aliphatic rings. The van der Waals surface area contributed by atoms with Crippen molar-refractivity contribution in [2.45, 2.75) is 20.0 Å². The number of nitrogens with one attached hydrogen (secondary N) is 1. The smallest absolute Gasteiger partial charge is 0.256 e. The number of pyridine rings is 1. The molecule has 2 heterocycles. The Kier molecular flexibility index (Phi) is 6.15. The van der Waals surface area contributed by atoms with E-state index in [0.29, 0.717) is 30.5 Å². The third-order valence-corrected chi connectivity index (χ3v) is 3.55. The highest BCUT2D eigenvalue weighted by Gasteiger charge is 2.22. The number of carbonyl (C=O) groups is 1. The Morgan fingerprint density at radius 3 is 3.14 bits per heavy atom. The number of rotatable bonds is 6. The second kappa shape index (κ2) is 8.10. The number of carbonyl (C=O) groups excluding carboxylic acids is 1. The lowest BCUT2D eigenvalue weighted by molar-refractivity contribution is -0.0295. The number of aromatic nitrogens is 1. The lowest BCUT2D eigenvalue weighted by Crippen LogP contribution is -2.48. The summed E-state index contributed by atoms with van der Waals surface area (Å²) in [5.41, 5.74) is 0.444. The van der Waals surface area contributed by atoms with Crippen molar-refractivity contribution in [2.75, 3.05) is 39.9 Å². The summed E-state index contributed by atoms with van der Waals surface area (Å²) in [5.74, 6) is 0.786. The first-order valence-corrected chi connectivity index (χ1v) is 7.71. The number of methoxy groups -OCH3 is 1. The van der Waals surface area contributed by atoms with Crippen molar-refractivity contribution >= 4 is 5.91 Å². The molecule has 1 aromatic heterocycles. The van der Waals surface area contributed by atoms with E-state index in [1.54, 1.807) is 18.3 Å². The van der Waals surface area contributed by atoms with Crippen LogP contribution in [0.15, 0.2) is 18.3 Å². The van der Waals surface area contributed by atoms with Crippen molar-refractivity contribution in [2.24, 2.45) is 5.92 Å². The predicted molar refractivity (Wildman–Crippen MR) is 84.1 cm³/mol. The molecule has 1 saturated heterocycles. The standard InChI is InChI=1S/C16H25N3O3/c1-12(2)10-19-7-8-22-13(11-19)9-18-15(20)14-5-4-6-17-16(14)21-3/h4-6,12-13H,7-11H2,1-3H3,(H,18,20). The van der Waals surface area contributed by atoms with Gasteiger partial charge in [0.05, 0.1) is 19.8 Å². The van der Waals surface area contributed by atoms with Crippen LogP contribution in [0.3, 0.4) is 0 Å². The molecule has 0 aliphatic carbocycles. The minimum absolute atomic E-state index is 0.0270. The van der Waals surface area contributed by atoms with Crippen LogP contribution in [0.1, 0.15) is 24.2 Å². The number of hydrogen-bond donors (Lipinski definition) is 1. The lowest BCUT2D eigenvalue weighted by Gasteiger charge is -2.33. The van der Waals surface area contributed by atoms with Gasteiger partial charge in [0.25, 0.3) is 5.91 Å². The van der Waals surface area contributed by atoms with E-state index >= 15 is 0 Å². The molecule has 6 heteroatoms. The maximum Gasteiger partial charge on any atom is 0.256 e. The highest BCUT2D eigenvalue weighted by Crippen LogP contribution is 2.13. The van der Waals surface area contributed by atoms with E-state index in [1.165, 1.54) is 7.11 Å². The van der Waals surface area contributed by atoms with E-state index in [-0.39, 0.29) is 12.0 Å². The Balaban J connectivity index is 1.85. The fraction of sp³-hybridized carbons (Fsp3) is 0.625. The van der Waals surface area contributed by atoms with E-state index in [1.807, 2.05) is 0 Å². The monoisotopic (exact) mass is 307 g/mol. The molecule has 1 unspecified atom stereocenters. The molecule has 6 nitrogen and oxygen atoms in total. The molecular formula is C16H25N3O3. The van der Waals surface area contributed by atoms with Gasteiger partial charge in [0.15, 0.2) is 0 Å². The first kappa shape index (κ1) is 16.7. The first-order chi connectivity index (χ1) is 10.6. The molecule has 2 rings (SSSR count). The molecule has 0 spiro atoms. The third-order valence-electron chi connectivity index (χ3n) is 3.55. The van der Waals surface area contributed by atoms with Gasteiger partial charge in [-0.2, -0.15) is 0 Å². The molecule has 0 bridgehead atoms. The Morgan fingerprint density at radius 1 is 1.59 bits per heavy atom. The Bertz CT molecular complexity index is 493. The van der Waals surface area contributed by atoms with E-state index in [2.05, 4.69) is 29.0 Å². The second-order valence-electron chi connectivity index (χ2n) is 5.92. The summed E-state index contributed by atoms with van der Waals surface area (Å²) in [5, 5.41) is 2.91. The SMILES string of the molecule is COc1ncccc1C(=O)NCC1CN(CC(C)C)CCO1. The number of nitrogens with zero attached hydrogens (tertiary/aromatic N) is 2. The van der Waals surface area contributed by atoms with Crippen molar-refractivity contribution in [1.82, 2.24) is 15.2 Å². The minimum Gasteiger partial charge on any atom is -0.480 e.